The molecule has 5 nitrogen and oxygen atoms in total. The quantitative estimate of drug-likeness (QED) is 0.466. The zero-order valence-corrected chi connectivity index (χ0v) is 19.4. The molecule has 2 amide bonds. The minimum Gasteiger partial charge on any atom is -0.484 e. The Morgan fingerprint density at radius 2 is 1.61 bits per heavy atom. The summed E-state index contributed by atoms with van der Waals surface area (Å²) >= 11 is 12.7. The lowest BCUT2D eigenvalue weighted by atomic mass is 10.0. The molecule has 0 radical (unpaired) electrons. The molecule has 33 heavy (non-hydrogen) atoms. The van der Waals surface area contributed by atoms with Crippen molar-refractivity contribution in [1.29, 1.82) is 0 Å². The normalized spacial score (nSPS) is 11.5. The van der Waals surface area contributed by atoms with Gasteiger partial charge in [0.1, 0.15) is 17.6 Å². The maximum atomic E-state index is 13.3. The van der Waals surface area contributed by atoms with Crippen LogP contribution in [0.2, 0.25) is 10.0 Å². The summed E-state index contributed by atoms with van der Waals surface area (Å²) in [6, 6.07) is 18.9. The number of carbonyl (C=O) groups excluding carboxylic acids is 2. The highest BCUT2D eigenvalue weighted by Gasteiger charge is 2.31. The van der Waals surface area contributed by atoms with Gasteiger partial charge in [-0.3, -0.25) is 9.59 Å². The van der Waals surface area contributed by atoms with Gasteiger partial charge in [0, 0.05) is 35.6 Å². The lowest BCUT2D eigenvalue weighted by Crippen LogP contribution is -2.51. The zero-order chi connectivity index (χ0) is 23.8. The second-order valence-electron chi connectivity index (χ2n) is 7.28. The Labute approximate surface area is 202 Å². The summed E-state index contributed by atoms with van der Waals surface area (Å²) in [7, 11) is 1.51. The fraction of sp³-hybridized carbons (Fsp3) is 0.200. The van der Waals surface area contributed by atoms with Gasteiger partial charge in [0.15, 0.2) is 6.61 Å². The first-order valence-corrected chi connectivity index (χ1v) is 11.0. The van der Waals surface area contributed by atoms with Crippen LogP contribution in [0.4, 0.5) is 4.39 Å². The highest BCUT2D eigenvalue weighted by atomic mass is 35.5. The first-order chi connectivity index (χ1) is 15.9. The van der Waals surface area contributed by atoms with Crippen LogP contribution >= 0.6 is 23.2 Å². The van der Waals surface area contributed by atoms with Crippen LogP contribution in [0, 0.1) is 5.82 Å². The van der Waals surface area contributed by atoms with Gasteiger partial charge in [0.05, 0.1) is 0 Å². The third-order valence-electron chi connectivity index (χ3n) is 5.08. The summed E-state index contributed by atoms with van der Waals surface area (Å²) in [5.74, 6) is -0.858. The van der Waals surface area contributed by atoms with E-state index in [0.29, 0.717) is 21.4 Å². The predicted molar refractivity (Wildman–Crippen MR) is 127 cm³/mol. The fourth-order valence-corrected chi connectivity index (χ4v) is 3.85. The molecule has 1 atom stereocenters. The van der Waals surface area contributed by atoms with E-state index >= 15 is 0 Å². The van der Waals surface area contributed by atoms with Crippen molar-refractivity contribution in [3.05, 3.63) is 99.8 Å². The largest absolute Gasteiger partial charge is 0.484 e. The average molecular weight is 489 g/mol. The van der Waals surface area contributed by atoms with E-state index in [4.69, 9.17) is 27.9 Å². The summed E-state index contributed by atoms with van der Waals surface area (Å²) < 4.78 is 18.7. The summed E-state index contributed by atoms with van der Waals surface area (Å²) in [5, 5.41) is 3.40. The fourth-order valence-electron chi connectivity index (χ4n) is 3.33. The van der Waals surface area contributed by atoms with Crippen LogP contribution in [0.5, 0.6) is 5.75 Å². The van der Waals surface area contributed by atoms with Crippen molar-refractivity contribution >= 4 is 35.0 Å². The topological polar surface area (TPSA) is 58.6 Å². The van der Waals surface area contributed by atoms with Gasteiger partial charge >= 0.3 is 0 Å². The summed E-state index contributed by atoms with van der Waals surface area (Å²) in [6.45, 7) is -0.342. The van der Waals surface area contributed by atoms with Crippen LogP contribution in [0.25, 0.3) is 0 Å². The third kappa shape index (κ3) is 6.70. The van der Waals surface area contributed by atoms with E-state index in [1.807, 2.05) is 30.3 Å². The molecule has 8 heteroatoms. The van der Waals surface area contributed by atoms with Gasteiger partial charge in [0.2, 0.25) is 5.91 Å². The van der Waals surface area contributed by atoms with E-state index in [9.17, 15) is 14.0 Å². The summed E-state index contributed by atoms with van der Waals surface area (Å²) in [6.07, 6.45) is 0.283. The number of rotatable bonds is 9. The second kappa shape index (κ2) is 11.7. The van der Waals surface area contributed by atoms with Crippen molar-refractivity contribution in [1.82, 2.24) is 10.2 Å². The first-order valence-electron chi connectivity index (χ1n) is 10.2. The van der Waals surface area contributed by atoms with Crippen LogP contribution in [0.1, 0.15) is 11.1 Å². The molecule has 0 bridgehead atoms. The number of hydrogen-bond acceptors (Lipinski definition) is 3. The Bertz CT molecular complexity index is 1070. The van der Waals surface area contributed by atoms with Crippen LogP contribution in [-0.4, -0.2) is 36.4 Å². The number of amides is 2. The minimum atomic E-state index is -0.839. The molecule has 0 aliphatic heterocycles. The van der Waals surface area contributed by atoms with Crippen LogP contribution in [-0.2, 0) is 22.6 Å². The Morgan fingerprint density at radius 3 is 2.21 bits per heavy atom. The van der Waals surface area contributed by atoms with Gasteiger partial charge in [-0.1, -0.05) is 59.6 Å². The predicted octanol–water partition coefficient (Wildman–Crippen LogP) is 4.90. The molecule has 0 saturated carbocycles. The zero-order valence-electron chi connectivity index (χ0n) is 17.9. The molecule has 0 aromatic heterocycles. The Hall–Kier alpha value is -3.09. The van der Waals surface area contributed by atoms with Crippen molar-refractivity contribution in [3.8, 4) is 5.75 Å². The lowest BCUT2D eigenvalue weighted by molar-refractivity contribution is -0.142. The van der Waals surface area contributed by atoms with Crippen molar-refractivity contribution < 1.29 is 18.7 Å². The van der Waals surface area contributed by atoms with Crippen molar-refractivity contribution in [2.75, 3.05) is 13.7 Å². The summed E-state index contributed by atoms with van der Waals surface area (Å²) in [4.78, 5) is 27.6. The van der Waals surface area contributed by atoms with E-state index in [0.717, 1.165) is 5.56 Å². The average Bonchev–Trinajstić information content (AvgIpc) is 2.82. The minimum absolute atomic E-state index is 0.00897. The maximum Gasteiger partial charge on any atom is 0.261 e. The SMILES string of the molecule is CNC(=O)C(Cc1ccccc1)N(Cc1c(Cl)cccc1Cl)C(=O)COc1ccc(F)cc1. The van der Waals surface area contributed by atoms with Crippen LogP contribution in [0.3, 0.4) is 0 Å². The third-order valence-corrected chi connectivity index (χ3v) is 5.79. The van der Waals surface area contributed by atoms with Crippen molar-refractivity contribution in [2.45, 2.75) is 19.0 Å². The smallest absolute Gasteiger partial charge is 0.261 e. The lowest BCUT2D eigenvalue weighted by Gasteiger charge is -2.31. The molecule has 1 N–H and O–H groups in total. The molecule has 0 saturated heterocycles. The number of ether oxygens (including phenoxy) is 1. The summed E-state index contributed by atoms with van der Waals surface area (Å²) in [5.41, 5.74) is 1.41. The van der Waals surface area contributed by atoms with E-state index in [1.165, 1.54) is 36.2 Å². The molecule has 3 aromatic rings. The number of carbonyl (C=O) groups is 2. The molecule has 0 spiro atoms. The number of nitrogens with zero attached hydrogens (tertiary/aromatic N) is 1. The van der Waals surface area contributed by atoms with Gasteiger partial charge < -0.3 is 15.0 Å². The van der Waals surface area contributed by atoms with Crippen molar-refractivity contribution in [3.63, 3.8) is 0 Å². The Morgan fingerprint density at radius 1 is 0.970 bits per heavy atom. The second-order valence-corrected chi connectivity index (χ2v) is 8.10. The highest BCUT2D eigenvalue weighted by Crippen LogP contribution is 2.27. The first kappa shape index (κ1) is 24.6. The molecule has 3 rings (SSSR count). The van der Waals surface area contributed by atoms with Gasteiger partial charge in [0.25, 0.3) is 5.91 Å². The Balaban J connectivity index is 1.91. The molecular weight excluding hydrogens is 466 g/mol. The van der Waals surface area contributed by atoms with E-state index < -0.39 is 17.8 Å². The molecule has 0 aliphatic carbocycles. The Kier molecular flexibility index (Phi) is 8.69. The highest BCUT2D eigenvalue weighted by molar-refractivity contribution is 6.36. The molecule has 1 unspecified atom stereocenters. The molecule has 3 aromatic carbocycles. The van der Waals surface area contributed by atoms with E-state index in [-0.39, 0.29) is 25.5 Å². The molecular formula is C25H23Cl2FN2O3. The number of hydrogen-bond donors (Lipinski definition) is 1. The maximum absolute atomic E-state index is 13.3. The van der Waals surface area contributed by atoms with Crippen molar-refractivity contribution in [2.24, 2.45) is 0 Å². The van der Waals surface area contributed by atoms with Gasteiger partial charge in [-0.05, 0) is 42.0 Å². The van der Waals surface area contributed by atoms with Gasteiger partial charge in [-0.2, -0.15) is 0 Å². The molecule has 0 fully saturated rings. The molecule has 0 aliphatic rings. The molecule has 0 heterocycles. The number of halogens is 3. The molecule has 172 valence electrons. The number of likely N-dealkylation sites (N-methyl/N-ethyl adjacent to an activating group) is 1. The monoisotopic (exact) mass is 488 g/mol. The van der Waals surface area contributed by atoms with Crippen LogP contribution < -0.4 is 10.1 Å². The van der Waals surface area contributed by atoms with E-state index in [2.05, 4.69) is 5.32 Å². The number of benzene rings is 3. The van der Waals surface area contributed by atoms with Gasteiger partial charge in [-0.25, -0.2) is 4.39 Å². The van der Waals surface area contributed by atoms with E-state index in [1.54, 1.807) is 18.2 Å². The van der Waals surface area contributed by atoms with Gasteiger partial charge in [-0.15, -0.1) is 0 Å². The standard InChI is InChI=1S/C25H23Cl2FN2O3/c1-29-25(32)23(14-17-6-3-2-4-7-17)30(15-20-21(26)8-5-9-22(20)27)24(31)16-33-19-12-10-18(28)11-13-19/h2-13,23H,14-16H2,1H3,(H,29,32). The number of nitrogens with one attached hydrogen (secondary N) is 1. The van der Waals surface area contributed by atoms with Crippen LogP contribution in [0.15, 0.2) is 72.8 Å².